The monoisotopic (exact) mass is 471 g/mol. The van der Waals surface area contributed by atoms with Crippen LogP contribution in [0, 0.1) is 5.92 Å². The van der Waals surface area contributed by atoms with Crippen LogP contribution in [0.25, 0.3) is 0 Å². The van der Waals surface area contributed by atoms with Crippen LogP contribution in [0.2, 0.25) is 0 Å². The lowest BCUT2D eigenvalue weighted by Gasteiger charge is -2.36. The van der Waals surface area contributed by atoms with Crippen molar-refractivity contribution in [3.63, 3.8) is 0 Å². The number of likely N-dealkylation sites (tertiary alicyclic amines) is 1. The average molecular weight is 472 g/mol. The lowest BCUT2D eigenvalue weighted by atomic mass is 10.1. The van der Waals surface area contributed by atoms with Crippen LogP contribution in [0.15, 0.2) is 33.6 Å². The molecular formula is C19H26BrN3O4S. The highest BCUT2D eigenvalue weighted by Crippen LogP contribution is 2.24. The molecule has 9 heteroatoms. The lowest BCUT2D eigenvalue weighted by molar-refractivity contribution is -0.140. The number of hydrogen-bond acceptors (Lipinski definition) is 5. The minimum Gasteiger partial charge on any atom is -0.289 e. The van der Waals surface area contributed by atoms with Gasteiger partial charge < -0.3 is 0 Å². The van der Waals surface area contributed by atoms with E-state index in [2.05, 4.69) is 29.8 Å². The van der Waals surface area contributed by atoms with E-state index in [1.807, 2.05) is 4.90 Å². The lowest BCUT2D eigenvalue weighted by Crippen LogP contribution is -2.53. The summed E-state index contributed by atoms with van der Waals surface area (Å²) in [6, 6.07) is 6.19. The summed E-state index contributed by atoms with van der Waals surface area (Å²) >= 11 is 3.31. The number of sulfonamides is 1. The topological polar surface area (TPSA) is 78.0 Å². The van der Waals surface area contributed by atoms with Crippen LogP contribution in [-0.4, -0.2) is 73.1 Å². The van der Waals surface area contributed by atoms with E-state index in [1.165, 1.54) is 9.21 Å². The molecule has 154 valence electrons. The fourth-order valence-corrected chi connectivity index (χ4v) is 5.62. The van der Waals surface area contributed by atoms with Gasteiger partial charge in [0.1, 0.15) is 0 Å². The van der Waals surface area contributed by atoms with E-state index in [1.54, 1.807) is 24.3 Å². The molecule has 0 spiro atoms. The first-order valence-corrected chi connectivity index (χ1v) is 11.8. The summed E-state index contributed by atoms with van der Waals surface area (Å²) in [5.41, 5.74) is 0. The highest BCUT2D eigenvalue weighted by atomic mass is 79.9. The number of amides is 2. The molecule has 0 bridgehead atoms. The van der Waals surface area contributed by atoms with Gasteiger partial charge in [0.05, 0.1) is 17.4 Å². The number of piperazine rings is 1. The summed E-state index contributed by atoms with van der Waals surface area (Å²) in [4.78, 5) is 28.5. The number of imide groups is 1. The van der Waals surface area contributed by atoms with Crippen LogP contribution in [0.3, 0.4) is 0 Å². The van der Waals surface area contributed by atoms with E-state index >= 15 is 0 Å². The third-order valence-corrected chi connectivity index (χ3v) is 7.69. The molecule has 0 N–H and O–H groups in total. The molecule has 2 fully saturated rings. The van der Waals surface area contributed by atoms with Crippen LogP contribution >= 0.6 is 15.9 Å². The van der Waals surface area contributed by atoms with E-state index in [4.69, 9.17) is 0 Å². The largest absolute Gasteiger partial charge is 0.289 e. The Labute approximate surface area is 174 Å². The number of carbonyl (C=O) groups excluding carboxylic acids is 2. The Balaban J connectivity index is 1.62. The van der Waals surface area contributed by atoms with Gasteiger partial charge in [-0.1, -0.05) is 35.8 Å². The smallest absolute Gasteiger partial charge is 0.247 e. The van der Waals surface area contributed by atoms with E-state index in [0.29, 0.717) is 43.1 Å². The quantitative estimate of drug-likeness (QED) is 0.592. The maximum Gasteiger partial charge on any atom is 0.247 e. The van der Waals surface area contributed by atoms with Crippen LogP contribution < -0.4 is 0 Å². The van der Waals surface area contributed by atoms with Gasteiger partial charge in [-0.25, -0.2) is 8.42 Å². The number of carbonyl (C=O) groups is 2. The van der Waals surface area contributed by atoms with Crippen LogP contribution in [0.4, 0.5) is 0 Å². The Morgan fingerprint density at radius 1 is 1.14 bits per heavy atom. The SMILES string of the molecule is CC(C)CCN1C(=O)C[C@@H](N2CCN(S(=O)(=O)c3cccc(Br)c3)CC2)C1=O. The molecule has 28 heavy (non-hydrogen) atoms. The molecule has 2 aliphatic rings. The van der Waals surface area contributed by atoms with Gasteiger partial charge in [-0.15, -0.1) is 0 Å². The Kier molecular flexibility index (Phi) is 6.58. The van der Waals surface area contributed by atoms with Gasteiger partial charge in [-0.05, 0) is 30.5 Å². The molecule has 1 atom stereocenters. The summed E-state index contributed by atoms with van der Waals surface area (Å²) in [5.74, 6) is 0.153. The molecule has 1 aromatic rings. The molecule has 0 saturated carbocycles. The standard InChI is InChI=1S/C19H26BrN3O4S/c1-14(2)6-7-23-18(24)13-17(19(23)25)21-8-10-22(11-9-21)28(26,27)16-5-3-4-15(20)12-16/h3-5,12,14,17H,6-11,13H2,1-2H3/t17-/m1/s1. The van der Waals surface area contributed by atoms with Crippen molar-refractivity contribution in [3.05, 3.63) is 28.7 Å². The predicted octanol–water partition coefficient (Wildman–Crippen LogP) is 1.93. The second kappa shape index (κ2) is 8.61. The number of halogens is 1. The molecule has 2 aliphatic heterocycles. The van der Waals surface area contributed by atoms with Gasteiger partial charge >= 0.3 is 0 Å². The van der Waals surface area contributed by atoms with Gasteiger partial charge in [-0.3, -0.25) is 19.4 Å². The van der Waals surface area contributed by atoms with Crippen molar-refractivity contribution >= 4 is 37.8 Å². The highest BCUT2D eigenvalue weighted by molar-refractivity contribution is 9.10. The zero-order valence-electron chi connectivity index (χ0n) is 16.2. The molecule has 0 radical (unpaired) electrons. The first kappa shape index (κ1) is 21.4. The molecule has 1 aromatic carbocycles. The van der Waals surface area contributed by atoms with Gasteiger partial charge in [-0.2, -0.15) is 4.31 Å². The van der Waals surface area contributed by atoms with E-state index in [9.17, 15) is 18.0 Å². The van der Waals surface area contributed by atoms with Crippen LogP contribution in [-0.2, 0) is 19.6 Å². The molecule has 3 rings (SSSR count). The summed E-state index contributed by atoms with van der Waals surface area (Å²) in [6.45, 7) is 6.07. The molecule has 2 saturated heterocycles. The van der Waals surface area contributed by atoms with Crippen molar-refractivity contribution < 1.29 is 18.0 Å². The van der Waals surface area contributed by atoms with Crippen LogP contribution in [0.5, 0.6) is 0 Å². The maximum absolute atomic E-state index is 12.8. The van der Waals surface area contributed by atoms with Crippen molar-refractivity contribution in [2.24, 2.45) is 5.92 Å². The molecular weight excluding hydrogens is 446 g/mol. The molecule has 7 nitrogen and oxygen atoms in total. The van der Waals surface area contributed by atoms with Crippen LogP contribution in [0.1, 0.15) is 26.7 Å². The van der Waals surface area contributed by atoms with Crippen molar-refractivity contribution in [1.29, 1.82) is 0 Å². The van der Waals surface area contributed by atoms with E-state index in [0.717, 1.165) is 6.42 Å². The van der Waals surface area contributed by atoms with Gasteiger partial charge in [0.2, 0.25) is 21.8 Å². The van der Waals surface area contributed by atoms with Gasteiger partial charge in [0.25, 0.3) is 0 Å². The first-order chi connectivity index (χ1) is 13.2. The highest BCUT2D eigenvalue weighted by Gasteiger charge is 2.43. The zero-order valence-corrected chi connectivity index (χ0v) is 18.6. The van der Waals surface area contributed by atoms with Crippen molar-refractivity contribution in [1.82, 2.24) is 14.1 Å². The Morgan fingerprint density at radius 3 is 2.43 bits per heavy atom. The summed E-state index contributed by atoms with van der Waals surface area (Å²) in [6.07, 6.45) is 0.984. The Hall–Kier alpha value is -1.29. The minimum atomic E-state index is -3.57. The zero-order chi connectivity index (χ0) is 20.5. The molecule has 0 aromatic heterocycles. The molecule has 2 heterocycles. The normalized spacial score (nSPS) is 22.4. The number of nitrogens with zero attached hydrogens (tertiary/aromatic N) is 3. The summed E-state index contributed by atoms with van der Waals surface area (Å²) < 4.78 is 27.8. The third kappa shape index (κ3) is 4.48. The van der Waals surface area contributed by atoms with Crippen molar-refractivity contribution in [2.75, 3.05) is 32.7 Å². The molecule has 2 amide bonds. The summed E-state index contributed by atoms with van der Waals surface area (Å²) in [7, 11) is -3.57. The second-order valence-electron chi connectivity index (χ2n) is 7.68. The predicted molar refractivity (Wildman–Crippen MR) is 109 cm³/mol. The molecule has 0 unspecified atom stereocenters. The number of benzene rings is 1. The number of hydrogen-bond donors (Lipinski definition) is 0. The Bertz CT molecular complexity index is 850. The summed E-state index contributed by atoms with van der Waals surface area (Å²) in [5, 5.41) is 0. The first-order valence-electron chi connectivity index (χ1n) is 9.54. The third-order valence-electron chi connectivity index (χ3n) is 5.30. The Morgan fingerprint density at radius 2 is 1.82 bits per heavy atom. The second-order valence-corrected chi connectivity index (χ2v) is 10.5. The maximum atomic E-state index is 12.8. The van der Waals surface area contributed by atoms with E-state index < -0.39 is 16.1 Å². The number of rotatable bonds is 6. The van der Waals surface area contributed by atoms with Gasteiger partial charge in [0.15, 0.2) is 0 Å². The van der Waals surface area contributed by atoms with E-state index in [-0.39, 0.29) is 23.1 Å². The minimum absolute atomic E-state index is 0.125. The van der Waals surface area contributed by atoms with Gasteiger partial charge in [0, 0.05) is 37.2 Å². The fourth-order valence-electron chi connectivity index (χ4n) is 3.61. The average Bonchev–Trinajstić information content (AvgIpc) is 2.94. The van der Waals surface area contributed by atoms with Crippen molar-refractivity contribution in [3.8, 4) is 0 Å². The van der Waals surface area contributed by atoms with Crippen molar-refractivity contribution in [2.45, 2.75) is 37.6 Å². The fraction of sp³-hybridized carbons (Fsp3) is 0.579. The molecule has 0 aliphatic carbocycles.